The van der Waals surface area contributed by atoms with E-state index in [0.717, 1.165) is 16.9 Å². The van der Waals surface area contributed by atoms with Gasteiger partial charge in [-0.2, -0.15) is 0 Å². The Morgan fingerprint density at radius 2 is 1.79 bits per heavy atom. The van der Waals surface area contributed by atoms with Crippen molar-refractivity contribution in [3.63, 3.8) is 0 Å². The third-order valence-corrected chi connectivity index (χ3v) is 2.82. The van der Waals surface area contributed by atoms with Crippen LogP contribution in [0.1, 0.15) is 31.0 Å². The van der Waals surface area contributed by atoms with Gasteiger partial charge in [-0.05, 0) is 37.6 Å². The van der Waals surface area contributed by atoms with Crippen LogP contribution in [-0.4, -0.2) is 6.10 Å². The first-order valence-corrected chi connectivity index (χ1v) is 6.34. The maximum Gasteiger partial charge on any atom is 0.124 e. The highest BCUT2D eigenvalue weighted by atomic mass is 19.1. The summed E-state index contributed by atoms with van der Waals surface area (Å²) in [7, 11) is 0. The lowest BCUT2D eigenvalue weighted by atomic mass is 9.98. The van der Waals surface area contributed by atoms with E-state index in [4.69, 9.17) is 10.5 Å². The monoisotopic (exact) mass is 259 g/mol. The van der Waals surface area contributed by atoms with Crippen LogP contribution >= 0.6 is 0 Å². The molecule has 0 fully saturated rings. The number of rotatable bonds is 4. The Labute approximate surface area is 113 Å². The standard InChI is InChI=1S/C16H18FNO/c1-11(2)19-15-9-4-3-8-14(15)16(18)12-6-5-7-13(17)10-12/h3-11,16H,18H2,1-2H3. The van der Waals surface area contributed by atoms with Gasteiger partial charge in [0.15, 0.2) is 0 Å². The summed E-state index contributed by atoms with van der Waals surface area (Å²) in [6.07, 6.45) is 0.0702. The van der Waals surface area contributed by atoms with E-state index in [2.05, 4.69) is 0 Å². The van der Waals surface area contributed by atoms with Gasteiger partial charge in [0.2, 0.25) is 0 Å². The molecule has 0 heterocycles. The normalized spacial score (nSPS) is 12.5. The summed E-state index contributed by atoms with van der Waals surface area (Å²) in [5.74, 6) is 0.462. The van der Waals surface area contributed by atoms with E-state index in [1.54, 1.807) is 6.07 Å². The van der Waals surface area contributed by atoms with Gasteiger partial charge in [-0.15, -0.1) is 0 Å². The molecule has 0 aromatic heterocycles. The van der Waals surface area contributed by atoms with E-state index in [9.17, 15) is 4.39 Å². The zero-order valence-electron chi connectivity index (χ0n) is 11.1. The number of hydrogen-bond acceptors (Lipinski definition) is 2. The highest BCUT2D eigenvalue weighted by Gasteiger charge is 2.15. The third-order valence-electron chi connectivity index (χ3n) is 2.82. The molecule has 19 heavy (non-hydrogen) atoms. The van der Waals surface area contributed by atoms with E-state index >= 15 is 0 Å². The fourth-order valence-electron chi connectivity index (χ4n) is 1.98. The molecule has 0 bridgehead atoms. The predicted molar refractivity (Wildman–Crippen MR) is 74.6 cm³/mol. The molecule has 0 amide bonds. The van der Waals surface area contributed by atoms with Crippen LogP contribution < -0.4 is 10.5 Å². The Hall–Kier alpha value is -1.87. The van der Waals surface area contributed by atoms with Crippen LogP contribution in [0.4, 0.5) is 4.39 Å². The van der Waals surface area contributed by atoms with E-state index in [0.29, 0.717) is 0 Å². The number of ether oxygens (including phenoxy) is 1. The molecule has 1 unspecified atom stereocenters. The topological polar surface area (TPSA) is 35.2 Å². The van der Waals surface area contributed by atoms with E-state index in [-0.39, 0.29) is 11.9 Å². The van der Waals surface area contributed by atoms with Gasteiger partial charge in [0, 0.05) is 5.56 Å². The molecule has 0 aliphatic heterocycles. The molecule has 0 aliphatic rings. The number of hydrogen-bond donors (Lipinski definition) is 1. The minimum atomic E-state index is -0.398. The molecular weight excluding hydrogens is 241 g/mol. The fourth-order valence-corrected chi connectivity index (χ4v) is 1.98. The quantitative estimate of drug-likeness (QED) is 0.909. The minimum absolute atomic E-state index is 0.0702. The highest BCUT2D eigenvalue weighted by Crippen LogP contribution is 2.29. The van der Waals surface area contributed by atoms with Crippen LogP contribution in [0.25, 0.3) is 0 Å². The molecular formula is C16H18FNO. The second-order valence-electron chi connectivity index (χ2n) is 4.74. The van der Waals surface area contributed by atoms with E-state index in [1.165, 1.54) is 12.1 Å². The summed E-state index contributed by atoms with van der Waals surface area (Å²) in [5, 5.41) is 0. The first-order chi connectivity index (χ1) is 9.08. The van der Waals surface area contributed by atoms with Gasteiger partial charge in [0.1, 0.15) is 11.6 Å². The Morgan fingerprint density at radius 3 is 2.47 bits per heavy atom. The lowest BCUT2D eigenvalue weighted by Gasteiger charge is -2.19. The third kappa shape index (κ3) is 3.32. The van der Waals surface area contributed by atoms with Crippen molar-refractivity contribution in [2.24, 2.45) is 5.73 Å². The molecule has 2 rings (SSSR count). The molecule has 1 atom stereocenters. The smallest absolute Gasteiger partial charge is 0.124 e. The second kappa shape index (κ2) is 5.85. The van der Waals surface area contributed by atoms with Crippen molar-refractivity contribution < 1.29 is 9.13 Å². The van der Waals surface area contributed by atoms with Crippen molar-refractivity contribution in [3.05, 3.63) is 65.5 Å². The van der Waals surface area contributed by atoms with Gasteiger partial charge in [0.25, 0.3) is 0 Å². The van der Waals surface area contributed by atoms with E-state index < -0.39 is 6.04 Å². The largest absolute Gasteiger partial charge is 0.491 e. The molecule has 2 nitrogen and oxygen atoms in total. The lowest BCUT2D eigenvalue weighted by Crippen LogP contribution is -2.15. The van der Waals surface area contributed by atoms with Crippen molar-refractivity contribution in [2.45, 2.75) is 26.0 Å². The number of benzene rings is 2. The lowest BCUT2D eigenvalue weighted by molar-refractivity contribution is 0.239. The SMILES string of the molecule is CC(C)Oc1ccccc1C(N)c1cccc(F)c1. The zero-order chi connectivity index (χ0) is 13.8. The van der Waals surface area contributed by atoms with Crippen molar-refractivity contribution in [2.75, 3.05) is 0 Å². The van der Waals surface area contributed by atoms with Crippen LogP contribution in [0.15, 0.2) is 48.5 Å². The fraction of sp³-hybridized carbons (Fsp3) is 0.250. The van der Waals surface area contributed by atoms with Gasteiger partial charge in [-0.3, -0.25) is 0 Å². The molecule has 2 aromatic rings. The number of halogens is 1. The summed E-state index contributed by atoms with van der Waals surface area (Å²) in [6.45, 7) is 3.93. The summed E-state index contributed by atoms with van der Waals surface area (Å²) < 4.78 is 19.0. The van der Waals surface area contributed by atoms with Crippen LogP contribution in [-0.2, 0) is 0 Å². The van der Waals surface area contributed by atoms with Crippen LogP contribution in [0.3, 0.4) is 0 Å². The number of nitrogens with two attached hydrogens (primary N) is 1. The van der Waals surface area contributed by atoms with Crippen LogP contribution in [0.2, 0.25) is 0 Å². The summed E-state index contributed by atoms with van der Waals surface area (Å²) in [4.78, 5) is 0. The molecule has 0 spiro atoms. The van der Waals surface area contributed by atoms with Crippen molar-refractivity contribution in [3.8, 4) is 5.75 Å². The summed E-state index contributed by atoms with van der Waals surface area (Å²) in [6, 6.07) is 13.5. The molecule has 0 radical (unpaired) electrons. The van der Waals surface area contributed by atoms with Crippen LogP contribution in [0, 0.1) is 5.82 Å². The summed E-state index contributed by atoms with van der Waals surface area (Å²) >= 11 is 0. The number of para-hydroxylation sites is 1. The molecule has 2 N–H and O–H groups in total. The van der Waals surface area contributed by atoms with Gasteiger partial charge >= 0.3 is 0 Å². The maximum absolute atomic E-state index is 13.3. The second-order valence-corrected chi connectivity index (χ2v) is 4.74. The molecule has 0 aliphatic carbocycles. The Balaban J connectivity index is 2.35. The van der Waals surface area contributed by atoms with E-state index in [1.807, 2.05) is 44.2 Å². The molecule has 0 saturated carbocycles. The predicted octanol–water partition coefficient (Wildman–Crippen LogP) is 3.66. The average molecular weight is 259 g/mol. The van der Waals surface area contributed by atoms with Gasteiger partial charge in [-0.25, -0.2) is 4.39 Å². The van der Waals surface area contributed by atoms with Crippen molar-refractivity contribution in [1.82, 2.24) is 0 Å². The van der Waals surface area contributed by atoms with Gasteiger partial charge in [0.05, 0.1) is 12.1 Å². The summed E-state index contributed by atoms with van der Waals surface area (Å²) in [5.41, 5.74) is 7.81. The minimum Gasteiger partial charge on any atom is -0.491 e. The first kappa shape index (κ1) is 13.6. The van der Waals surface area contributed by atoms with Crippen molar-refractivity contribution in [1.29, 1.82) is 0 Å². The maximum atomic E-state index is 13.3. The Kier molecular flexibility index (Phi) is 4.17. The highest BCUT2D eigenvalue weighted by molar-refractivity contribution is 5.41. The molecule has 0 saturated heterocycles. The zero-order valence-corrected chi connectivity index (χ0v) is 11.1. The Morgan fingerprint density at radius 1 is 1.05 bits per heavy atom. The molecule has 100 valence electrons. The first-order valence-electron chi connectivity index (χ1n) is 6.34. The molecule has 3 heteroatoms. The Bertz CT molecular complexity index is 554. The van der Waals surface area contributed by atoms with Gasteiger partial charge < -0.3 is 10.5 Å². The average Bonchev–Trinajstić information content (AvgIpc) is 2.38. The van der Waals surface area contributed by atoms with Gasteiger partial charge in [-0.1, -0.05) is 30.3 Å². The molecule has 2 aromatic carbocycles. The van der Waals surface area contributed by atoms with Crippen molar-refractivity contribution >= 4 is 0 Å². The van der Waals surface area contributed by atoms with Crippen LogP contribution in [0.5, 0.6) is 5.75 Å².